The van der Waals surface area contributed by atoms with Crippen LogP contribution in [0.3, 0.4) is 0 Å². The lowest BCUT2D eigenvalue weighted by Gasteiger charge is -2.11. The summed E-state index contributed by atoms with van der Waals surface area (Å²) in [4.78, 5) is 11.8. The van der Waals surface area contributed by atoms with Crippen LogP contribution in [0.1, 0.15) is 16.8 Å². The van der Waals surface area contributed by atoms with E-state index < -0.39 is 17.6 Å². The van der Waals surface area contributed by atoms with E-state index in [1.807, 2.05) is 0 Å². The van der Waals surface area contributed by atoms with Gasteiger partial charge in [-0.25, -0.2) is 4.39 Å². The predicted molar refractivity (Wildman–Crippen MR) is 58.7 cm³/mol. The molecule has 0 aliphatic heterocycles. The van der Waals surface area contributed by atoms with E-state index in [9.17, 15) is 9.18 Å². The molecule has 0 amide bonds. The molecule has 0 aliphatic rings. The fourth-order valence-electron chi connectivity index (χ4n) is 1.29. The molecule has 16 heavy (non-hydrogen) atoms. The molecule has 4 heteroatoms. The normalized spacial score (nSPS) is 11.6. The van der Waals surface area contributed by atoms with Gasteiger partial charge in [0.25, 0.3) is 0 Å². The molecule has 0 spiro atoms. The number of carbonyl (C=O) groups is 1. The number of benzene rings is 1. The molecule has 0 heterocycles. The summed E-state index contributed by atoms with van der Waals surface area (Å²) < 4.78 is 18.0. The van der Waals surface area contributed by atoms with Crippen molar-refractivity contribution < 1.29 is 13.9 Å². The van der Waals surface area contributed by atoms with Crippen molar-refractivity contribution >= 4 is 5.78 Å². The van der Waals surface area contributed by atoms with E-state index in [0.717, 1.165) is 6.07 Å². The summed E-state index contributed by atoms with van der Waals surface area (Å²) in [6, 6.07) is 2.85. The van der Waals surface area contributed by atoms with Crippen LogP contribution in [0.15, 0.2) is 18.2 Å². The maximum atomic E-state index is 13.0. The second kappa shape index (κ2) is 5.29. The van der Waals surface area contributed by atoms with Gasteiger partial charge in [-0.2, -0.15) is 0 Å². The Morgan fingerprint density at radius 2 is 2.38 bits per heavy atom. The third-order valence-electron chi connectivity index (χ3n) is 2.10. The van der Waals surface area contributed by atoms with Crippen LogP contribution in [-0.4, -0.2) is 18.9 Å². The molecule has 0 aliphatic carbocycles. The first-order valence-electron chi connectivity index (χ1n) is 4.67. The van der Waals surface area contributed by atoms with Crippen molar-refractivity contribution in [2.24, 2.45) is 5.73 Å². The molecule has 0 saturated carbocycles. The van der Waals surface area contributed by atoms with Crippen molar-refractivity contribution in [2.75, 3.05) is 7.11 Å². The van der Waals surface area contributed by atoms with Crippen LogP contribution in [0, 0.1) is 18.2 Å². The molecule has 0 bridgehead atoms. The van der Waals surface area contributed by atoms with Crippen LogP contribution in [-0.2, 0) is 0 Å². The van der Waals surface area contributed by atoms with Gasteiger partial charge >= 0.3 is 0 Å². The van der Waals surface area contributed by atoms with Crippen molar-refractivity contribution in [1.82, 2.24) is 0 Å². The summed E-state index contributed by atoms with van der Waals surface area (Å²) in [5.74, 6) is 1.64. The molecule has 0 saturated heterocycles. The van der Waals surface area contributed by atoms with Crippen LogP contribution < -0.4 is 10.5 Å². The van der Waals surface area contributed by atoms with Crippen LogP contribution >= 0.6 is 0 Å². The van der Waals surface area contributed by atoms with Gasteiger partial charge in [-0.1, -0.05) is 0 Å². The SMILES string of the molecule is C#CCC(N)C(=O)c1cc(F)ccc1OC. The molecule has 2 N–H and O–H groups in total. The molecule has 1 unspecified atom stereocenters. The number of Topliss-reactive ketones (excluding diaryl/α,β-unsaturated/α-hetero) is 1. The highest BCUT2D eigenvalue weighted by molar-refractivity contribution is 6.02. The van der Waals surface area contributed by atoms with Crippen LogP contribution in [0.25, 0.3) is 0 Å². The molecule has 0 aromatic heterocycles. The predicted octanol–water partition coefficient (Wildman–Crippen LogP) is 1.37. The Morgan fingerprint density at radius 3 is 2.94 bits per heavy atom. The number of methoxy groups -OCH3 is 1. The highest BCUT2D eigenvalue weighted by Gasteiger charge is 2.19. The Bertz CT molecular complexity index is 437. The number of ketones is 1. The number of ether oxygens (including phenoxy) is 1. The number of nitrogens with two attached hydrogens (primary N) is 1. The van der Waals surface area contributed by atoms with Crippen LogP contribution in [0.4, 0.5) is 4.39 Å². The quantitative estimate of drug-likeness (QED) is 0.617. The maximum Gasteiger partial charge on any atom is 0.184 e. The number of hydrogen-bond donors (Lipinski definition) is 1. The highest BCUT2D eigenvalue weighted by Crippen LogP contribution is 2.21. The van der Waals surface area contributed by atoms with Crippen molar-refractivity contribution in [3.8, 4) is 18.1 Å². The lowest BCUT2D eigenvalue weighted by molar-refractivity contribution is 0.0959. The van der Waals surface area contributed by atoms with E-state index in [1.54, 1.807) is 0 Å². The highest BCUT2D eigenvalue weighted by atomic mass is 19.1. The monoisotopic (exact) mass is 221 g/mol. The first kappa shape index (κ1) is 12.2. The third-order valence-corrected chi connectivity index (χ3v) is 2.10. The maximum absolute atomic E-state index is 13.0. The van der Waals surface area contributed by atoms with Crippen molar-refractivity contribution in [3.05, 3.63) is 29.6 Å². The van der Waals surface area contributed by atoms with Crippen molar-refractivity contribution in [2.45, 2.75) is 12.5 Å². The number of halogens is 1. The van der Waals surface area contributed by atoms with E-state index in [-0.39, 0.29) is 12.0 Å². The van der Waals surface area contributed by atoms with Gasteiger partial charge in [-0.3, -0.25) is 4.79 Å². The minimum Gasteiger partial charge on any atom is -0.496 e. The summed E-state index contributed by atoms with van der Waals surface area (Å²) in [6.07, 6.45) is 5.17. The molecular weight excluding hydrogens is 209 g/mol. The van der Waals surface area contributed by atoms with Gasteiger partial charge in [0.2, 0.25) is 0 Å². The van der Waals surface area contributed by atoms with E-state index in [1.165, 1.54) is 19.2 Å². The van der Waals surface area contributed by atoms with Gasteiger partial charge in [-0.15, -0.1) is 12.3 Å². The minimum absolute atomic E-state index is 0.110. The molecule has 1 rings (SSSR count). The van der Waals surface area contributed by atoms with E-state index in [2.05, 4.69) is 5.92 Å². The Kier molecular flexibility index (Phi) is 4.03. The zero-order chi connectivity index (χ0) is 12.1. The van der Waals surface area contributed by atoms with E-state index in [4.69, 9.17) is 16.9 Å². The average Bonchev–Trinajstić information content (AvgIpc) is 2.28. The standard InChI is InChI=1S/C12H12FNO2/c1-3-4-10(14)12(15)9-7-8(13)5-6-11(9)16-2/h1,5-7,10H,4,14H2,2H3. The van der Waals surface area contributed by atoms with Gasteiger partial charge in [0, 0.05) is 6.42 Å². The molecule has 1 aromatic carbocycles. The fraction of sp³-hybridized carbons (Fsp3) is 0.250. The molecule has 1 aromatic rings. The van der Waals surface area contributed by atoms with Gasteiger partial charge < -0.3 is 10.5 Å². The third kappa shape index (κ3) is 2.59. The Labute approximate surface area is 93.4 Å². The van der Waals surface area contributed by atoms with Gasteiger partial charge in [0.05, 0.1) is 18.7 Å². The van der Waals surface area contributed by atoms with Crippen molar-refractivity contribution in [3.63, 3.8) is 0 Å². The fourth-order valence-corrected chi connectivity index (χ4v) is 1.29. The largest absolute Gasteiger partial charge is 0.496 e. The number of terminal acetylenes is 1. The molecule has 84 valence electrons. The molecule has 1 atom stereocenters. The first-order valence-corrected chi connectivity index (χ1v) is 4.67. The van der Waals surface area contributed by atoms with Crippen LogP contribution in [0.5, 0.6) is 5.75 Å². The zero-order valence-corrected chi connectivity index (χ0v) is 8.87. The smallest absolute Gasteiger partial charge is 0.184 e. The summed E-state index contributed by atoms with van der Waals surface area (Å²) in [5.41, 5.74) is 5.68. The summed E-state index contributed by atoms with van der Waals surface area (Å²) >= 11 is 0. The first-order chi connectivity index (χ1) is 7.60. The Hall–Kier alpha value is -1.86. The minimum atomic E-state index is -0.833. The Balaban J connectivity index is 3.07. The topological polar surface area (TPSA) is 52.3 Å². The second-order valence-electron chi connectivity index (χ2n) is 3.22. The molecule has 0 fully saturated rings. The lowest BCUT2D eigenvalue weighted by atomic mass is 10.0. The molecule has 0 radical (unpaired) electrons. The molecular formula is C12H12FNO2. The van der Waals surface area contributed by atoms with Crippen LogP contribution in [0.2, 0.25) is 0 Å². The van der Waals surface area contributed by atoms with Crippen molar-refractivity contribution in [1.29, 1.82) is 0 Å². The zero-order valence-electron chi connectivity index (χ0n) is 8.87. The lowest BCUT2D eigenvalue weighted by Crippen LogP contribution is -2.30. The summed E-state index contributed by atoms with van der Waals surface area (Å²) in [5, 5.41) is 0. The number of hydrogen-bond acceptors (Lipinski definition) is 3. The summed E-state index contributed by atoms with van der Waals surface area (Å²) in [7, 11) is 1.40. The van der Waals surface area contributed by atoms with Gasteiger partial charge in [-0.05, 0) is 18.2 Å². The Morgan fingerprint density at radius 1 is 1.69 bits per heavy atom. The van der Waals surface area contributed by atoms with E-state index in [0.29, 0.717) is 5.75 Å². The average molecular weight is 221 g/mol. The molecule has 3 nitrogen and oxygen atoms in total. The van der Waals surface area contributed by atoms with Gasteiger partial charge in [0.15, 0.2) is 5.78 Å². The van der Waals surface area contributed by atoms with E-state index >= 15 is 0 Å². The van der Waals surface area contributed by atoms with Gasteiger partial charge in [0.1, 0.15) is 11.6 Å². The number of rotatable bonds is 4. The number of carbonyl (C=O) groups excluding carboxylic acids is 1. The summed E-state index contributed by atoms with van der Waals surface area (Å²) in [6.45, 7) is 0. The second-order valence-corrected chi connectivity index (χ2v) is 3.22.